The van der Waals surface area contributed by atoms with Gasteiger partial charge in [-0.25, -0.2) is 0 Å². The summed E-state index contributed by atoms with van der Waals surface area (Å²) >= 11 is 0. The lowest BCUT2D eigenvalue weighted by molar-refractivity contribution is 0.342. The Morgan fingerprint density at radius 1 is 1.36 bits per heavy atom. The van der Waals surface area contributed by atoms with Gasteiger partial charge in [-0.2, -0.15) is 0 Å². The van der Waals surface area contributed by atoms with Crippen molar-refractivity contribution in [2.75, 3.05) is 6.61 Å². The fourth-order valence-corrected chi connectivity index (χ4v) is 0.562. The first kappa shape index (κ1) is 10.0. The second-order valence-electron chi connectivity index (χ2n) is 2.01. The summed E-state index contributed by atoms with van der Waals surface area (Å²) in [4.78, 5) is 0. The molecular formula is C10H14O. The van der Waals surface area contributed by atoms with Crippen LogP contribution in [-0.4, -0.2) is 11.7 Å². The normalized spacial score (nSPS) is 10.4. The molecular weight excluding hydrogens is 136 g/mol. The molecule has 0 aliphatic heterocycles. The Hall–Kier alpha value is -1.00. The predicted molar refractivity (Wildman–Crippen MR) is 48.0 cm³/mol. The van der Waals surface area contributed by atoms with Gasteiger partial charge in [0.05, 0.1) is 6.61 Å². The van der Waals surface area contributed by atoms with Crippen LogP contribution >= 0.6 is 0 Å². The molecule has 0 radical (unpaired) electrons. The summed E-state index contributed by atoms with van der Waals surface area (Å²) in [6.07, 6.45) is 9.19. The fourth-order valence-electron chi connectivity index (χ4n) is 0.562. The Bertz CT molecular complexity index is 179. The number of aliphatic hydroxyl groups excluding tert-OH is 1. The van der Waals surface area contributed by atoms with Crippen molar-refractivity contribution in [3.8, 4) is 11.8 Å². The zero-order chi connectivity index (χ0) is 8.36. The maximum absolute atomic E-state index is 8.37. The molecule has 0 aliphatic carbocycles. The van der Waals surface area contributed by atoms with Crippen LogP contribution in [0.25, 0.3) is 0 Å². The summed E-state index contributed by atoms with van der Waals surface area (Å²) in [5.41, 5.74) is 0. The lowest BCUT2D eigenvalue weighted by Crippen LogP contribution is -1.71. The second-order valence-corrected chi connectivity index (χ2v) is 2.01. The third-order valence-electron chi connectivity index (χ3n) is 1.06. The number of allylic oxidation sites excluding steroid dienone is 3. The van der Waals surface area contributed by atoms with Crippen LogP contribution in [-0.2, 0) is 0 Å². The molecule has 0 atom stereocenters. The Balaban J connectivity index is 3.28. The molecule has 0 bridgehead atoms. The molecule has 0 fully saturated rings. The van der Waals surface area contributed by atoms with Gasteiger partial charge in [-0.15, -0.1) is 0 Å². The van der Waals surface area contributed by atoms with Gasteiger partial charge < -0.3 is 5.11 Å². The van der Waals surface area contributed by atoms with Crippen LogP contribution in [0.3, 0.4) is 0 Å². The highest BCUT2D eigenvalue weighted by molar-refractivity contribution is 5.14. The highest BCUT2D eigenvalue weighted by Crippen LogP contribution is 1.87. The molecule has 0 aromatic rings. The van der Waals surface area contributed by atoms with E-state index in [9.17, 15) is 0 Å². The van der Waals surface area contributed by atoms with Crippen molar-refractivity contribution in [1.82, 2.24) is 0 Å². The molecule has 0 aromatic carbocycles. The zero-order valence-electron chi connectivity index (χ0n) is 6.88. The molecule has 0 saturated carbocycles. The quantitative estimate of drug-likeness (QED) is 0.370. The van der Waals surface area contributed by atoms with Crippen molar-refractivity contribution in [2.24, 2.45) is 0 Å². The summed E-state index contributed by atoms with van der Waals surface area (Å²) in [6, 6.07) is 0. The van der Waals surface area contributed by atoms with E-state index in [0.717, 1.165) is 12.8 Å². The van der Waals surface area contributed by atoms with E-state index in [1.807, 2.05) is 25.2 Å². The van der Waals surface area contributed by atoms with E-state index in [-0.39, 0.29) is 6.61 Å². The van der Waals surface area contributed by atoms with Gasteiger partial charge in [-0.3, -0.25) is 0 Å². The fraction of sp³-hybridized carbons (Fsp3) is 0.400. The lowest BCUT2D eigenvalue weighted by Gasteiger charge is -1.81. The van der Waals surface area contributed by atoms with Crippen molar-refractivity contribution in [1.29, 1.82) is 0 Å². The lowest BCUT2D eigenvalue weighted by atomic mass is 10.3. The molecule has 0 rings (SSSR count). The largest absolute Gasteiger partial charge is 0.392 e. The van der Waals surface area contributed by atoms with E-state index in [2.05, 4.69) is 11.8 Å². The standard InChI is InChI=1S/C10H14O/c1-2-3-4-5-6-7-8-9-10-11/h2-3,8-9,11H,6-7,10H2,1H3/b3-2-,9-8-. The third kappa shape index (κ3) is 9.00. The van der Waals surface area contributed by atoms with Gasteiger partial charge in [0.1, 0.15) is 0 Å². The number of aliphatic hydroxyl groups is 1. The summed E-state index contributed by atoms with van der Waals surface area (Å²) in [5.74, 6) is 5.86. The van der Waals surface area contributed by atoms with Crippen LogP contribution in [0.1, 0.15) is 19.8 Å². The van der Waals surface area contributed by atoms with Crippen LogP contribution in [0, 0.1) is 11.8 Å². The Kier molecular flexibility index (Phi) is 8.18. The van der Waals surface area contributed by atoms with Crippen molar-refractivity contribution >= 4 is 0 Å². The van der Waals surface area contributed by atoms with Gasteiger partial charge in [0.25, 0.3) is 0 Å². The van der Waals surface area contributed by atoms with E-state index in [4.69, 9.17) is 5.11 Å². The average Bonchev–Trinajstić information content (AvgIpc) is 2.03. The minimum atomic E-state index is 0.127. The summed E-state index contributed by atoms with van der Waals surface area (Å²) in [7, 11) is 0. The molecule has 0 amide bonds. The third-order valence-corrected chi connectivity index (χ3v) is 1.06. The summed E-state index contributed by atoms with van der Waals surface area (Å²) in [5, 5.41) is 8.37. The Morgan fingerprint density at radius 3 is 2.82 bits per heavy atom. The number of hydrogen-bond acceptors (Lipinski definition) is 1. The van der Waals surface area contributed by atoms with Gasteiger partial charge in [0.2, 0.25) is 0 Å². The van der Waals surface area contributed by atoms with E-state index in [1.165, 1.54) is 0 Å². The number of unbranched alkanes of at least 4 members (excludes halogenated alkanes) is 1. The van der Waals surface area contributed by atoms with Gasteiger partial charge >= 0.3 is 0 Å². The molecule has 0 heterocycles. The van der Waals surface area contributed by atoms with Crippen LogP contribution in [0.15, 0.2) is 24.3 Å². The Morgan fingerprint density at radius 2 is 2.18 bits per heavy atom. The SMILES string of the molecule is C/C=C\C#CCC/C=C\CO. The van der Waals surface area contributed by atoms with Crippen molar-refractivity contribution in [2.45, 2.75) is 19.8 Å². The maximum Gasteiger partial charge on any atom is 0.0612 e. The smallest absolute Gasteiger partial charge is 0.0612 e. The summed E-state index contributed by atoms with van der Waals surface area (Å²) < 4.78 is 0. The highest BCUT2D eigenvalue weighted by Gasteiger charge is 1.73. The van der Waals surface area contributed by atoms with Gasteiger partial charge in [-0.05, 0) is 19.4 Å². The highest BCUT2D eigenvalue weighted by atomic mass is 16.2. The van der Waals surface area contributed by atoms with Gasteiger partial charge in [0.15, 0.2) is 0 Å². The van der Waals surface area contributed by atoms with E-state index in [0.29, 0.717) is 0 Å². The van der Waals surface area contributed by atoms with Gasteiger partial charge in [0, 0.05) is 6.42 Å². The molecule has 11 heavy (non-hydrogen) atoms. The molecule has 1 nitrogen and oxygen atoms in total. The van der Waals surface area contributed by atoms with Crippen molar-refractivity contribution < 1.29 is 5.11 Å². The van der Waals surface area contributed by atoms with Crippen molar-refractivity contribution in [3.63, 3.8) is 0 Å². The second kappa shape index (κ2) is 9.00. The first-order valence-corrected chi connectivity index (χ1v) is 3.77. The molecule has 0 aliphatic rings. The molecule has 0 aromatic heterocycles. The molecule has 0 saturated heterocycles. The van der Waals surface area contributed by atoms with Crippen LogP contribution in [0.4, 0.5) is 0 Å². The molecule has 60 valence electrons. The minimum Gasteiger partial charge on any atom is -0.392 e. The number of rotatable bonds is 3. The average molecular weight is 150 g/mol. The number of hydrogen-bond donors (Lipinski definition) is 1. The molecule has 0 spiro atoms. The Labute approximate surface area is 68.4 Å². The van der Waals surface area contributed by atoms with E-state index in [1.54, 1.807) is 6.08 Å². The first-order valence-electron chi connectivity index (χ1n) is 3.77. The van der Waals surface area contributed by atoms with Crippen LogP contribution in [0.2, 0.25) is 0 Å². The molecule has 1 N–H and O–H groups in total. The molecule has 0 unspecified atom stereocenters. The van der Waals surface area contributed by atoms with Crippen LogP contribution in [0.5, 0.6) is 0 Å². The summed E-state index contributed by atoms with van der Waals surface area (Å²) in [6.45, 7) is 2.07. The first-order chi connectivity index (χ1) is 5.41. The van der Waals surface area contributed by atoms with Crippen LogP contribution < -0.4 is 0 Å². The topological polar surface area (TPSA) is 20.2 Å². The zero-order valence-corrected chi connectivity index (χ0v) is 6.88. The van der Waals surface area contributed by atoms with E-state index >= 15 is 0 Å². The van der Waals surface area contributed by atoms with Gasteiger partial charge in [-0.1, -0.05) is 30.1 Å². The monoisotopic (exact) mass is 150 g/mol. The predicted octanol–water partition coefficient (Wildman–Crippen LogP) is 1.89. The van der Waals surface area contributed by atoms with E-state index < -0.39 is 0 Å². The molecule has 1 heteroatoms. The van der Waals surface area contributed by atoms with Crippen molar-refractivity contribution in [3.05, 3.63) is 24.3 Å². The maximum atomic E-state index is 8.37. The minimum absolute atomic E-state index is 0.127.